The monoisotopic (exact) mass is 427 g/mol. The van der Waals surface area contributed by atoms with Crippen LogP contribution < -0.4 is 0 Å². The van der Waals surface area contributed by atoms with Crippen LogP contribution in [0.5, 0.6) is 0 Å². The first-order chi connectivity index (χ1) is 13.9. The molecular formula is C21H11ClFNO4S. The molecule has 0 spiro atoms. The molecule has 2 amide bonds. The van der Waals surface area contributed by atoms with Crippen molar-refractivity contribution in [1.29, 1.82) is 0 Å². The minimum absolute atomic E-state index is 0.110. The van der Waals surface area contributed by atoms with Crippen molar-refractivity contribution in [2.24, 2.45) is 0 Å². The zero-order valence-electron chi connectivity index (χ0n) is 14.6. The Balaban J connectivity index is 1.61. The summed E-state index contributed by atoms with van der Waals surface area (Å²) in [6.45, 7) is 0. The number of carbonyl (C=O) groups excluding carboxylic acids is 3. The van der Waals surface area contributed by atoms with E-state index in [9.17, 15) is 18.8 Å². The van der Waals surface area contributed by atoms with Crippen molar-refractivity contribution in [2.75, 3.05) is 0 Å². The maximum absolute atomic E-state index is 13.8. The molecule has 144 valence electrons. The number of amides is 2. The molecule has 1 aliphatic heterocycles. The van der Waals surface area contributed by atoms with Crippen molar-refractivity contribution in [3.05, 3.63) is 94.3 Å². The van der Waals surface area contributed by atoms with Gasteiger partial charge in [0.25, 0.3) is 11.8 Å². The Hall–Kier alpha value is -3.16. The Labute approximate surface area is 174 Å². The van der Waals surface area contributed by atoms with E-state index in [1.54, 1.807) is 36.4 Å². The molecule has 1 aliphatic rings. The quantitative estimate of drug-likeness (QED) is 0.548. The first-order valence-corrected chi connectivity index (χ1v) is 9.56. The van der Waals surface area contributed by atoms with Gasteiger partial charge in [0.05, 0.1) is 16.7 Å². The summed E-state index contributed by atoms with van der Waals surface area (Å²) in [5.41, 5.74) is 0.169. The van der Waals surface area contributed by atoms with Gasteiger partial charge >= 0.3 is 5.97 Å². The van der Waals surface area contributed by atoms with Gasteiger partial charge in [-0.2, -0.15) is 0 Å². The van der Waals surface area contributed by atoms with Crippen LogP contribution in [0.1, 0.15) is 31.1 Å². The predicted octanol–water partition coefficient (Wildman–Crippen LogP) is 5.00. The lowest BCUT2D eigenvalue weighted by atomic mass is 10.1. The molecule has 3 aromatic rings. The Morgan fingerprint density at radius 3 is 2.17 bits per heavy atom. The van der Waals surface area contributed by atoms with E-state index in [2.05, 4.69) is 0 Å². The number of halogens is 2. The van der Waals surface area contributed by atoms with Gasteiger partial charge in [0.15, 0.2) is 0 Å². The zero-order chi connectivity index (χ0) is 20.5. The first-order valence-electron chi connectivity index (χ1n) is 8.37. The van der Waals surface area contributed by atoms with Crippen molar-refractivity contribution in [2.45, 2.75) is 9.79 Å². The van der Waals surface area contributed by atoms with E-state index in [0.29, 0.717) is 15.0 Å². The molecule has 3 aromatic carbocycles. The maximum atomic E-state index is 13.8. The van der Waals surface area contributed by atoms with Crippen LogP contribution in [0.4, 0.5) is 4.39 Å². The molecular weight excluding hydrogens is 417 g/mol. The molecule has 5 nitrogen and oxygen atoms in total. The van der Waals surface area contributed by atoms with Crippen LogP contribution in [-0.2, 0) is 4.84 Å². The molecule has 0 fully saturated rings. The third-order valence-electron chi connectivity index (χ3n) is 4.13. The molecule has 1 heterocycles. The predicted molar refractivity (Wildman–Crippen MR) is 104 cm³/mol. The maximum Gasteiger partial charge on any atom is 0.365 e. The minimum Gasteiger partial charge on any atom is -0.324 e. The van der Waals surface area contributed by atoms with Gasteiger partial charge in [-0.05, 0) is 54.6 Å². The molecule has 0 aromatic heterocycles. The van der Waals surface area contributed by atoms with Crippen molar-refractivity contribution in [1.82, 2.24) is 5.06 Å². The van der Waals surface area contributed by atoms with Crippen LogP contribution in [0.15, 0.2) is 76.5 Å². The van der Waals surface area contributed by atoms with Crippen molar-refractivity contribution < 1.29 is 23.6 Å². The van der Waals surface area contributed by atoms with Gasteiger partial charge in [0.2, 0.25) is 0 Å². The number of imide groups is 1. The van der Waals surface area contributed by atoms with Crippen LogP contribution in [0.3, 0.4) is 0 Å². The van der Waals surface area contributed by atoms with Crippen LogP contribution in [-0.4, -0.2) is 22.8 Å². The number of fused-ring (bicyclic) bond motifs is 1. The van der Waals surface area contributed by atoms with Crippen LogP contribution in [0.2, 0.25) is 5.02 Å². The van der Waals surface area contributed by atoms with Crippen molar-refractivity contribution >= 4 is 41.1 Å². The molecule has 0 radical (unpaired) electrons. The standard InChI is InChI=1S/C21H11ClFNO4S/c22-12-5-8-14(9-6-12)29-18-10-7-13(23)11-17(18)21(27)28-24-19(25)15-3-1-2-4-16(15)20(24)26/h1-11H. The lowest BCUT2D eigenvalue weighted by molar-refractivity contribution is -0.0587. The molecule has 0 saturated carbocycles. The van der Waals surface area contributed by atoms with E-state index in [1.165, 1.54) is 36.0 Å². The highest BCUT2D eigenvalue weighted by molar-refractivity contribution is 7.99. The summed E-state index contributed by atoms with van der Waals surface area (Å²) in [4.78, 5) is 43.7. The second-order valence-corrected chi connectivity index (χ2v) is 7.58. The van der Waals surface area contributed by atoms with Crippen molar-refractivity contribution in [3.8, 4) is 0 Å². The molecule has 0 N–H and O–H groups in total. The summed E-state index contributed by atoms with van der Waals surface area (Å²) in [5.74, 6) is -3.17. The van der Waals surface area contributed by atoms with E-state index in [1.807, 2.05) is 0 Å². The van der Waals surface area contributed by atoms with E-state index < -0.39 is 23.6 Å². The van der Waals surface area contributed by atoms with Gasteiger partial charge in [0.1, 0.15) is 5.82 Å². The van der Waals surface area contributed by atoms with Gasteiger partial charge in [0, 0.05) is 14.8 Å². The summed E-state index contributed by atoms with van der Waals surface area (Å²) in [6, 6.07) is 16.6. The third-order valence-corrected chi connectivity index (χ3v) is 5.47. The highest BCUT2D eigenvalue weighted by Gasteiger charge is 2.39. The number of carbonyl (C=O) groups is 3. The lowest BCUT2D eigenvalue weighted by Crippen LogP contribution is -2.32. The summed E-state index contributed by atoms with van der Waals surface area (Å²) in [5, 5.41) is 0.952. The summed E-state index contributed by atoms with van der Waals surface area (Å²) >= 11 is 7.07. The second kappa shape index (κ2) is 7.69. The Morgan fingerprint density at radius 1 is 0.931 bits per heavy atom. The Kier molecular flexibility index (Phi) is 5.08. The average molecular weight is 428 g/mol. The lowest BCUT2D eigenvalue weighted by Gasteiger charge is -2.14. The van der Waals surface area contributed by atoms with Crippen LogP contribution in [0, 0.1) is 5.82 Å². The first kappa shape index (κ1) is 19.2. The number of nitrogens with zero attached hydrogens (tertiary/aromatic N) is 1. The number of hydroxylamine groups is 2. The minimum atomic E-state index is -1.02. The molecule has 0 aliphatic carbocycles. The van der Waals surface area contributed by atoms with Gasteiger partial charge in [-0.3, -0.25) is 9.59 Å². The van der Waals surface area contributed by atoms with Crippen LogP contribution >= 0.6 is 23.4 Å². The Morgan fingerprint density at radius 2 is 1.55 bits per heavy atom. The smallest absolute Gasteiger partial charge is 0.324 e. The molecule has 4 rings (SSSR count). The average Bonchev–Trinajstić information content (AvgIpc) is 2.96. The topological polar surface area (TPSA) is 63.7 Å². The molecule has 0 bridgehead atoms. The highest BCUT2D eigenvalue weighted by Crippen LogP contribution is 2.33. The largest absolute Gasteiger partial charge is 0.365 e. The molecule has 0 atom stereocenters. The molecule has 0 saturated heterocycles. The molecule has 29 heavy (non-hydrogen) atoms. The summed E-state index contributed by atoms with van der Waals surface area (Å²) in [7, 11) is 0. The fourth-order valence-electron chi connectivity index (χ4n) is 2.76. The number of benzene rings is 3. The van der Waals surface area contributed by atoms with Crippen LogP contribution in [0.25, 0.3) is 0 Å². The molecule has 8 heteroatoms. The number of hydrogen-bond donors (Lipinski definition) is 0. The molecule has 0 unspecified atom stereocenters. The van der Waals surface area contributed by atoms with Crippen molar-refractivity contribution in [3.63, 3.8) is 0 Å². The normalized spacial score (nSPS) is 12.8. The number of rotatable bonds is 4. The van der Waals surface area contributed by atoms with E-state index in [-0.39, 0.29) is 16.7 Å². The van der Waals surface area contributed by atoms with Gasteiger partial charge in [-0.25, -0.2) is 9.18 Å². The Bertz CT molecular complexity index is 1110. The fourth-order valence-corrected chi connectivity index (χ4v) is 3.80. The third kappa shape index (κ3) is 3.74. The van der Waals surface area contributed by atoms with Gasteiger partial charge < -0.3 is 4.84 Å². The fraction of sp³-hybridized carbons (Fsp3) is 0. The highest BCUT2D eigenvalue weighted by atomic mass is 35.5. The second-order valence-electron chi connectivity index (χ2n) is 6.03. The summed E-state index contributed by atoms with van der Waals surface area (Å²) in [6.07, 6.45) is 0. The van der Waals surface area contributed by atoms with E-state index in [4.69, 9.17) is 16.4 Å². The zero-order valence-corrected chi connectivity index (χ0v) is 16.2. The van der Waals surface area contributed by atoms with E-state index >= 15 is 0 Å². The van der Waals surface area contributed by atoms with Gasteiger partial charge in [-0.1, -0.05) is 40.6 Å². The van der Waals surface area contributed by atoms with E-state index in [0.717, 1.165) is 11.0 Å². The summed E-state index contributed by atoms with van der Waals surface area (Å²) < 4.78 is 13.8. The van der Waals surface area contributed by atoms with Gasteiger partial charge in [-0.15, -0.1) is 0 Å². The SMILES string of the molecule is O=C(ON1C(=O)c2ccccc2C1=O)c1cc(F)ccc1Sc1ccc(Cl)cc1. The number of hydrogen-bond acceptors (Lipinski definition) is 5.